The number of para-hydroxylation sites is 1. The molecule has 0 radical (unpaired) electrons. The van der Waals surface area contributed by atoms with Crippen LogP contribution in [0.3, 0.4) is 0 Å². The number of rotatable bonds is 3. The molecule has 2 aromatic heterocycles. The van der Waals surface area contributed by atoms with E-state index >= 15 is 0 Å². The van der Waals surface area contributed by atoms with Crippen LogP contribution in [0.25, 0.3) is 32.7 Å². The first kappa shape index (κ1) is 15.6. The van der Waals surface area contributed by atoms with Gasteiger partial charge in [-0.2, -0.15) is 5.10 Å². The monoisotopic (exact) mass is 356 g/mol. The number of aliphatic hydroxyl groups excluding tert-OH is 1. The maximum atomic E-state index is 12.7. The van der Waals surface area contributed by atoms with Gasteiger partial charge in [0.1, 0.15) is 0 Å². The van der Waals surface area contributed by atoms with Crippen LogP contribution in [0.2, 0.25) is 0 Å². The summed E-state index contributed by atoms with van der Waals surface area (Å²) in [6.45, 7) is -0.127. The maximum Gasteiger partial charge on any atom is 0.255 e. The van der Waals surface area contributed by atoms with Crippen LogP contribution in [0.15, 0.2) is 60.8 Å². The molecular weight excluding hydrogens is 340 g/mol. The van der Waals surface area contributed by atoms with E-state index < -0.39 is 0 Å². The Morgan fingerprint density at radius 3 is 2.81 bits per heavy atom. The minimum absolute atomic E-state index is 0.127. The van der Waals surface area contributed by atoms with Crippen molar-refractivity contribution in [2.75, 3.05) is 5.32 Å². The van der Waals surface area contributed by atoms with Crippen LogP contribution >= 0.6 is 0 Å². The third-order valence-corrected chi connectivity index (χ3v) is 4.89. The Kier molecular flexibility index (Phi) is 3.45. The Morgan fingerprint density at radius 2 is 1.93 bits per heavy atom. The van der Waals surface area contributed by atoms with Crippen molar-refractivity contribution in [2.45, 2.75) is 6.61 Å². The minimum atomic E-state index is -0.213. The zero-order valence-electron chi connectivity index (χ0n) is 14.3. The molecule has 0 aliphatic heterocycles. The molecule has 0 spiro atoms. The molecule has 0 saturated heterocycles. The summed E-state index contributed by atoms with van der Waals surface area (Å²) in [6.07, 6.45) is 1.79. The number of aliphatic hydroxyl groups is 1. The normalized spacial score (nSPS) is 11.4. The van der Waals surface area contributed by atoms with E-state index in [0.717, 1.165) is 32.7 Å². The lowest BCUT2D eigenvalue weighted by atomic mass is 10.1. The number of nitrogens with one attached hydrogen (secondary N) is 3. The standard InChI is InChI=1S/C21H16N4O2/c26-11-14-3-1-2-4-17(14)24-21(27)12-6-8-18-16(9-12)15-7-5-13-10-22-25-19(13)20(15)23-18/h1-10,23,26H,11H2,(H,22,25)(H,24,27). The van der Waals surface area contributed by atoms with E-state index in [-0.39, 0.29) is 12.5 Å². The average Bonchev–Trinajstić information content (AvgIpc) is 3.31. The minimum Gasteiger partial charge on any atom is -0.392 e. The van der Waals surface area contributed by atoms with Gasteiger partial charge in [0, 0.05) is 38.5 Å². The van der Waals surface area contributed by atoms with E-state index in [2.05, 4.69) is 20.5 Å². The summed E-state index contributed by atoms with van der Waals surface area (Å²) >= 11 is 0. The quantitative estimate of drug-likeness (QED) is 0.394. The topological polar surface area (TPSA) is 93.8 Å². The van der Waals surface area contributed by atoms with Crippen LogP contribution in [0.5, 0.6) is 0 Å². The lowest BCUT2D eigenvalue weighted by molar-refractivity contribution is 0.102. The second-order valence-electron chi connectivity index (χ2n) is 6.48. The fourth-order valence-electron chi connectivity index (χ4n) is 3.49. The van der Waals surface area contributed by atoms with E-state index in [9.17, 15) is 9.90 Å². The third-order valence-electron chi connectivity index (χ3n) is 4.89. The summed E-state index contributed by atoms with van der Waals surface area (Å²) < 4.78 is 0. The molecular formula is C21H16N4O2. The van der Waals surface area contributed by atoms with Crippen molar-refractivity contribution in [3.8, 4) is 0 Å². The van der Waals surface area contributed by atoms with Crippen molar-refractivity contribution in [1.29, 1.82) is 0 Å². The Balaban J connectivity index is 1.59. The molecule has 5 rings (SSSR count). The van der Waals surface area contributed by atoms with Gasteiger partial charge < -0.3 is 15.4 Å². The molecule has 132 valence electrons. The highest BCUT2D eigenvalue weighted by molar-refractivity contribution is 6.17. The number of benzene rings is 3. The number of aromatic amines is 2. The van der Waals surface area contributed by atoms with E-state index in [0.29, 0.717) is 16.8 Å². The SMILES string of the molecule is O=C(Nc1ccccc1CO)c1ccc2[nH]c3c(ccc4cn[nH]c43)c2c1. The summed E-state index contributed by atoms with van der Waals surface area (Å²) in [7, 11) is 0. The van der Waals surface area contributed by atoms with Crippen LogP contribution < -0.4 is 5.32 Å². The summed E-state index contributed by atoms with van der Waals surface area (Å²) in [5.41, 5.74) is 4.74. The molecule has 6 heteroatoms. The first-order valence-corrected chi connectivity index (χ1v) is 8.62. The molecule has 5 aromatic rings. The molecule has 2 heterocycles. The van der Waals surface area contributed by atoms with Crippen LogP contribution in [0.4, 0.5) is 5.69 Å². The Morgan fingerprint density at radius 1 is 1.04 bits per heavy atom. The fraction of sp³-hybridized carbons (Fsp3) is 0.0476. The highest BCUT2D eigenvalue weighted by Crippen LogP contribution is 2.31. The van der Waals surface area contributed by atoms with Crippen LogP contribution in [-0.2, 0) is 6.61 Å². The molecule has 0 saturated carbocycles. The van der Waals surface area contributed by atoms with Crippen molar-refractivity contribution < 1.29 is 9.90 Å². The number of carbonyl (C=O) groups is 1. The van der Waals surface area contributed by atoms with Crippen LogP contribution in [0.1, 0.15) is 15.9 Å². The highest BCUT2D eigenvalue weighted by atomic mass is 16.3. The number of H-pyrrole nitrogens is 2. The number of anilines is 1. The molecule has 0 fully saturated rings. The number of nitrogens with zero attached hydrogens (tertiary/aromatic N) is 1. The van der Waals surface area contributed by atoms with Crippen molar-refractivity contribution in [1.82, 2.24) is 15.2 Å². The molecule has 3 aromatic carbocycles. The average molecular weight is 356 g/mol. The fourth-order valence-corrected chi connectivity index (χ4v) is 3.49. The second-order valence-corrected chi connectivity index (χ2v) is 6.48. The zero-order valence-corrected chi connectivity index (χ0v) is 14.3. The molecule has 27 heavy (non-hydrogen) atoms. The van der Waals surface area contributed by atoms with Gasteiger partial charge in [0.15, 0.2) is 0 Å². The van der Waals surface area contributed by atoms with E-state index in [4.69, 9.17) is 0 Å². The molecule has 6 nitrogen and oxygen atoms in total. The summed E-state index contributed by atoms with van der Waals surface area (Å²) in [5.74, 6) is -0.213. The molecule has 0 atom stereocenters. The number of hydrogen-bond donors (Lipinski definition) is 4. The zero-order chi connectivity index (χ0) is 18.4. The lowest BCUT2D eigenvalue weighted by Gasteiger charge is -2.09. The second kappa shape index (κ2) is 5.96. The van der Waals surface area contributed by atoms with Gasteiger partial charge in [-0.1, -0.05) is 30.3 Å². The molecule has 0 aliphatic rings. The predicted octanol–water partition coefficient (Wildman–Crippen LogP) is 3.94. The molecule has 4 N–H and O–H groups in total. The van der Waals surface area contributed by atoms with Crippen molar-refractivity contribution in [2.24, 2.45) is 0 Å². The Hall–Kier alpha value is -3.64. The number of amides is 1. The van der Waals surface area contributed by atoms with Gasteiger partial charge in [0.2, 0.25) is 0 Å². The van der Waals surface area contributed by atoms with Gasteiger partial charge in [0.05, 0.1) is 23.8 Å². The first-order valence-electron chi connectivity index (χ1n) is 8.62. The first-order chi connectivity index (χ1) is 13.2. The number of hydrogen-bond acceptors (Lipinski definition) is 3. The van der Waals surface area contributed by atoms with Gasteiger partial charge in [-0.3, -0.25) is 9.89 Å². The summed E-state index contributed by atoms with van der Waals surface area (Å²) in [4.78, 5) is 16.1. The van der Waals surface area contributed by atoms with E-state index in [1.54, 1.807) is 24.4 Å². The van der Waals surface area contributed by atoms with E-state index in [1.165, 1.54) is 0 Å². The van der Waals surface area contributed by atoms with Crippen LogP contribution in [-0.4, -0.2) is 26.2 Å². The lowest BCUT2D eigenvalue weighted by Crippen LogP contribution is -2.13. The van der Waals surface area contributed by atoms with Gasteiger partial charge in [-0.25, -0.2) is 0 Å². The number of fused-ring (bicyclic) bond motifs is 5. The van der Waals surface area contributed by atoms with Gasteiger partial charge in [-0.05, 0) is 24.3 Å². The van der Waals surface area contributed by atoms with Crippen molar-refractivity contribution >= 4 is 44.3 Å². The largest absolute Gasteiger partial charge is 0.392 e. The van der Waals surface area contributed by atoms with Crippen LogP contribution in [0, 0.1) is 0 Å². The maximum absolute atomic E-state index is 12.7. The molecule has 0 aliphatic carbocycles. The van der Waals surface area contributed by atoms with Gasteiger partial charge >= 0.3 is 0 Å². The van der Waals surface area contributed by atoms with Gasteiger partial charge in [-0.15, -0.1) is 0 Å². The number of carbonyl (C=O) groups excluding carboxylic acids is 1. The number of aromatic nitrogens is 3. The third kappa shape index (κ3) is 2.46. The predicted molar refractivity (Wildman–Crippen MR) is 106 cm³/mol. The summed E-state index contributed by atoms with van der Waals surface area (Å²) in [5, 5.41) is 22.5. The molecule has 0 unspecified atom stereocenters. The molecule has 1 amide bonds. The van der Waals surface area contributed by atoms with Crippen molar-refractivity contribution in [3.63, 3.8) is 0 Å². The smallest absolute Gasteiger partial charge is 0.255 e. The molecule has 0 bridgehead atoms. The Bertz CT molecular complexity index is 1320. The highest BCUT2D eigenvalue weighted by Gasteiger charge is 2.13. The summed E-state index contributed by atoms with van der Waals surface area (Å²) in [6, 6.07) is 16.9. The van der Waals surface area contributed by atoms with Crippen molar-refractivity contribution in [3.05, 3.63) is 71.9 Å². The Labute approximate surface area is 153 Å². The van der Waals surface area contributed by atoms with Gasteiger partial charge in [0.25, 0.3) is 5.91 Å². The van der Waals surface area contributed by atoms with E-state index in [1.807, 2.05) is 36.4 Å².